The highest BCUT2D eigenvalue weighted by molar-refractivity contribution is 5.94. The maximum Gasteiger partial charge on any atom is 0.246 e. The first-order valence-electron chi connectivity index (χ1n) is 21.9. The van der Waals surface area contributed by atoms with E-state index >= 15 is 0 Å². The maximum atomic E-state index is 14.2. The van der Waals surface area contributed by atoms with E-state index in [2.05, 4.69) is 68.6 Å². The summed E-state index contributed by atoms with van der Waals surface area (Å²) < 4.78 is 12.5. The first-order chi connectivity index (χ1) is 29.3. The molecule has 0 aromatic heterocycles. The molecule has 0 bridgehead atoms. The van der Waals surface area contributed by atoms with Crippen molar-refractivity contribution in [3.8, 4) is 23.7 Å². The van der Waals surface area contributed by atoms with Crippen molar-refractivity contribution in [1.29, 1.82) is 0 Å². The molecule has 0 radical (unpaired) electrons. The van der Waals surface area contributed by atoms with Crippen molar-refractivity contribution in [1.82, 2.24) is 36.6 Å². The van der Waals surface area contributed by atoms with Crippen molar-refractivity contribution >= 4 is 23.6 Å². The fourth-order valence-corrected chi connectivity index (χ4v) is 9.77. The number of fused-ring (bicyclic) bond motifs is 2. The zero-order chi connectivity index (χ0) is 42.0. The van der Waals surface area contributed by atoms with Crippen molar-refractivity contribution < 1.29 is 28.7 Å². The molecule has 4 amide bonds. The number of benzene rings is 2. The molecule has 2 saturated heterocycles. The second-order valence-electron chi connectivity index (χ2n) is 16.7. The average molecular weight is 820 g/mol. The largest absolute Gasteiger partial charge is 0.363 e. The van der Waals surface area contributed by atoms with E-state index in [1.165, 1.54) is 0 Å². The quantitative estimate of drug-likeness (QED) is 0.181. The van der Waals surface area contributed by atoms with Crippen molar-refractivity contribution in [3.05, 3.63) is 70.8 Å². The monoisotopic (exact) mass is 819 g/mol. The number of carbonyl (C=O) groups is 4. The summed E-state index contributed by atoms with van der Waals surface area (Å²) >= 11 is 0. The number of rotatable bonds is 14. The summed E-state index contributed by atoms with van der Waals surface area (Å²) in [5.74, 6) is 11.2. The molecule has 2 aromatic carbocycles. The molecule has 3 fully saturated rings. The van der Waals surface area contributed by atoms with Crippen LogP contribution in [-0.2, 0) is 41.5 Å². The summed E-state index contributed by atoms with van der Waals surface area (Å²) in [6, 6.07) is 13.5. The van der Waals surface area contributed by atoms with Crippen LogP contribution >= 0.6 is 0 Å². The van der Waals surface area contributed by atoms with Crippen LogP contribution in [0.25, 0.3) is 0 Å². The predicted octanol–water partition coefficient (Wildman–Crippen LogP) is 2.85. The number of hydrazine groups is 1. The third-order valence-electron chi connectivity index (χ3n) is 13.1. The van der Waals surface area contributed by atoms with Gasteiger partial charge in [0.05, 0.1) is 30.3 Å². The molecule has 2 heterocycles. The van der Waals surface area contributed by atoms with Gasteiger partial charge in [-0.15, -0.1) is 0 Å². The number of hydrogen-bond donors (Lipinski definition) is 5. The third-order valence-corrected chi connectivity index (χ3v) is 13.1. The summed E-state index contributed by atoms with van der Waals surface area (Å²) in [6.07, 6.45) is 8.71. The highest BCUT2D eigenvalue weighted by Crippen LogP contribution is 2.36. The van der Waals surface area contributed by atoms with E-state index in [0.29, 0.717) is 32.2 Å². The summed E-state index contributed by atoms with van der Waals surface area (Å²) in [6.45, 7) is 3.39. The van der Waals surface area contributed by atoms with Crippen molar-refractivity contribution in [2.45, 2.75) is 126 Å². The fourth-order valence-electron chi connectivity index (χ4n) is 9.77. The van der Waals surface area contributed by atoms with Gasteiger partial charge in [-0.3, -0.25) is 24.6 Å². The van der Waals surface area contributed by atoms with E-state index in [1.807, 2.05) is 42.4 Å². The minimum Gasteiger partial charge on any atom is -0.363 e. The molecule has 2 aromatic rings. The Balaban J connectivity index is 0.938. The van der Waals surface area contributed by atoms with E-state index < -0.39 is 24.2 Å². The Morgan fingerprint density at radius 1 is 0.717 bits per heavy atom. The lowest BCUT2D eigenvalue weighted by atomic mass is 9.83. The summed E-state index contributed by atoms with van der Waals surface area (Å²) in [5.41, 5.74) is 7.48. The lowest BCUT2D eigenvalue weighted by Gasteiger charge is -2.35. The Hall–Kier alpha value is -4.76. The maximum absolute atomic E-state index is 14.2. The van der Waals surface area contributed by atoms with Gasteiger partial charge in [0.25, 0.3) is 0 Å². The minimum absolute atomic E-state index is 0.00261. The number of amides is 4. The van der Waals surface area contributed by atoms with E-state index in [-0.39, 0.29) is 67.1 Å². The van der Waals surface area contributed by atoms with Gasteiger partial charge in [-0.2, -0.15) is 0 Å². The van der Waals surface area contributed by atoms with Gasteiger partial charge in [0.2, 0.25) is 23.6 Å². The van der Waals surface area contributed by atoms with Gasteiger partial charge in [0, 0.05) is 25.9 Å². The van der Waals surface area contributed by atoms with Gasteiger partial charge in [0.1, 0.15) is 31.3 Å². The van der Waals surface area contributed by atoms with Gasteiger partial charge in [-0.25, -0.2) is 5.01 Å². The highest BCUT2D eigenvalue weighted by Gasteiger charge is 2.43. The van der Waals surface area contributed by atoms with Crippen LogP contribution in [0.15, 0.2) is 48.5 Å². The third kappa shape index (κ3) is 10.0. The standard InChI is InChI=1S/C47H61N7O6/c1-31(48-2)44(55)50-41(32-17-7-6-8-18-32)47(58)53-25-15-23-37(53)45(56)51-42-35-21-11-9-19-33(35)29-39(42)59-27-13-4-5-14-28-60-40-30-34-20-10-12-22-36(34)43(40)52-46(57)38-24-16-26-54(38)49-3/h9-12,19-22,31-32,37-43,48-49H,6-8,15-18,23-30H2,1-3H3,(H,50,55)(H,51,56)(H,52,57)/t31-,37-,38-,39+,40+,41-,42-,43-/m0/s1. The molecular weight excluding hydrogens is 759 g/mol. The molecular formula is C47H61N7O6. The van der Waals surface area contributed by atoms with Crippen LogP contribution in [0.3, 0.4) is 0 Å². The van der Waals surface area contributed by atoms with E-state index in [9.17, 15) is 19.2 Å². The predicted molar refractivity (Wildman–Crippen MR) is 228 cm³/mol. The first-order valence-corrected chi connectivity index (χ1v) is 21.9. The molecule has 60 heavy (non-hydrogen) atoms. The average Bonchev–Trinajstić information content (AvgIpc) is 4.09. The normalized spacial score (nSPS) is 25.8. The smallest absolute Gasteiger partial charge is 0.246 e. The van der Waals surface area contributed by atoms with Crippen LogP contribution in [0.1, 0.15) is 99.0 Å². The summed E-state index contributed by atoms with van der Waals surface area (Å²) in [4.78, 5) is 56.4. The number of ether oxygens (including phenoxy) is 2. The molecule has 13 heteroatoms. The molecule has 2 aliphatic heterocycles. The molecule has 0 spiro atoms. The molecule has 5 N–H and O–H groups in total. The number of carbonyl (C=O) groups excluding carboxylic acids is 4. The molecule has 13 nitrogen and oxygen atoms in total. The lowest BCUT2D eigenvalue weighted by molar-refractivity contribution is -0.143. The molecule has 1 saturated carbocycles. The lowest BCUT2D eigenvalue weighted by Crippen LogP contribution is -2.58. The van der Waals surface area contributed by atoms with Crippen LogP contribution in [0.4, 0.5) is 0 Å². The molecule has 8 atom stereocenters. The molecule has 320 valence electrons. The van der Waals surface area contributed by atoms with Crippen LogP contribution in [-0.4, -0.2) is 110 Å². The van der Waals surface area contributed by atoms with Crippen LogP contribution in [0.2, 0.25) is 0 Å². The molecule has 5 aliphatic rings. The molecule has 0 unspecified atom stereocenters. The Morgan fingerprint density at radius 2 is 1.27 bits per heavy atom. The number of hydrogen-bond acceptors (Lipinski definition) is 9. The van der Waals surface area contributed by atoms with Crippen molar-refractivity contribution in [2.75, 3.05) is 40.4 Å². The van der Waals surface area contributed by atoms with Gasteiger partial charge >= 0.3 is 0 Å². The summed E-state index contributed by atoms with van der Waals surface area (Å²) in [5, 5.41) is 14.5. The minimum atomic E-state index is -0.658. The fraction of sp³-hybridized carbons (Fsp3) is 0.574. The number of nitrogens with one attached hydrogen (secondary N) is 5. The Kier molecular flexibility index (Phi) is 14.9. The van der Waals surface area contributed by atoms with E-state index in [1.54, 1.807) is 18.9 Å². The topological polar surface area (TPSA) is 153 Å². The highest BCUT2D eigenvalue weighted by atomic mass is 16.5. The van der Waals surface area contributed by atoms with Crippen LogP contribution in [0.5, 0.6) is 0 Å². The second kappa shape index (κ2) is 20.7. The Labute approximate surface area is 354 Å². The Morgan fingerprint density at radius 3 is 1.85 bits per heavy atom. The van der Waals surface area contributed by atoms with E-state index in [0.717, 1.165) is 73.7 Å². The van der Waals surface area contributed by atoms with E-state index in [4.69, 9.17) is 9.47 Å². The molecule has 7 rings (SSSR count). The van der Waals surface area contributed by atoms with Crippen molar-refractivity contribution in [3.63, 3.8) is 0 Å². The zero-order valence-electron chi connectivity index (χ0n) is 35.3. The number of nitrogens with zero attached hydrogens (tertiary/aromatic N) is 2. The van der Waals surface area contributed by atoms with Gasteiger partial charge in [-0.1, -0.05) is 79.6 Å². The van der Waals surface area contributed by atoms with Crippen LogP contribution in [0, 0.1) is 29.6 Å². The summed E-state index contributed by atoms with van der Waals surface area (Å²) in [7, 11) is 3.57. The van der Waals surface area contributed by atoms with Gasteiger partial charge in [0.15, 0.2) is 0 Å². The van der Waals surface area contributed by atoms with Crippen LogP contribution < -0.4 is 26.7 Å². The first kappa shape index (κ1) is 43.3. The zero-order valence-corrected chi connectivity index (χ0v) is 35.3. The second-order valence-corrected chi connectivity index (χ2v) is 16.7. The number of likely N-dealkylation sites (N-methyl/N-ethyl adjacent to an activating group) is 1. The van der Waals surface area contributed by atoms with Gasteiger partial charge in [-0.05, 0) is 99.6 Å². The van der Waals surface area contributed by atoms with Crippen molar-refractivity contribution in [2.24, 2.45) is 5.92 Å². The Bertz CT molecular complexity index is 1980. The molecule has 3 aliphatic carbocycles. The van der Waals surface area contributed by atoms with Gasteiger partial charge < -0.3 is 35.6 Å². The SMILES string of the molecule is CN[C@@H](C)C(=O)N[C@H](C(=O)N1CCC[C@H]1C(=O)N[C@H]1c2ccccc2C[C@H]1OCC#CC#CCO[C@@H]1Cc2ccccc2[C@@H]1NC(=O)[C@@H]1CCCN1NC)C1CCCCC1. The number of likely N-dealkylation sites (tertiary alicyclic amines) is 1.